The third kappa shape index (κ3) is 7.41. The molecule has 124 valence electrons. The maximum absolute atomic E-state index is 4.73. The summed E-state index contributed by atoms with van der Waals surface area (Å²) in [7, 11) is 0. The fourth-order valence-corrected chi connectivity index (χ4v) is 2.71. The topological polar surface area (TPSA) is 39.7 Å². The highest BCUT2D eigenvalue weighted by molar-refractivity contribution is 7.99. The van der Waals surface area contributed by atoms with Crippen molar-refractivity contribution in [2.75, 3.05) is 45.5 Å². The zero-order chi connectivity index (χ0) is 15.7. The molecule has 0 aromatic carbocycles. The van der Waals surface area contributed by atoms with Crippen molar-refractivity contribution in [2.45, 2.75) is 45.3 Å². The van der Waals surface area contributed by atoms with Gasteiger partial charge >= 0.3 is 0 Å². The molecule has 1 unspecified atom stereocenters. The van der Waals surface area contributed by atoms with E-state index in [9.17, 15) is 0 Å². The lowest BCUT2D eigenvalue weighted by Crippen LogP contribution is -2.41. The van der Waals surface area contributed by atoms with E-state index in [4.69, 9.17) is 4.99 Å². The van der Waals surface area contributed by atoms with Crippen LogP contribution in [0.4, 0.5) is 0 Å². The second kappa shape index (κ2) is 9.57. The van der Waals surface area contributed by atoms with Gasteiger partial charge in [-0.2, -0.15) is 11.8 Å². The summed E-state index contributed by atoms with van der Waals surface area (Å²) in [6.45, 7) is 15.4. The summed E-state index contributed by atoms with van der Waals surface area (Å²) in [5, 5.41) is 6.88. The summed E-state index contributed by atoms with van der Waals surface area (Å²) >= 11 is 1.87. The van der Waals surface area contributed by atoms with E-state index in [1.165, 1.54) is 32.5 Å². The Morgan fingerprint density at radius 1 is 1.33 bits per heavy atom. The van der Waals surface area contributed by atoms with Gasteiger partial charge < -0.3 is 15.5 Å². The third-order valence-corrected chi connectivity index (χ3v) is 5.22. The van der Waals surface area contributed by atoms with E-state index in [1.54, 1.807) is 0 Å². The Morgan fingerprint density at radius 2 is 2.10 bits per heavy atom. The Labute approximate surface area is 135 Å². The molecule has 0 saturated carbocycles. The molecule has 0 spiro atoms. The first kappa shape index (κ1) is 18.6. The second-order valence-corrected chi connectivity index (χ2v) is 8.01. The molecule has 0 bridgehead atoms. The Morgan fingerprint density at radius 3 is 2.71 bits per heavy atom. The summed E-state index contributed by atoms with van der Waals surface area (Å²) in [5.41, 5.74) is 0. The van der Waals surface area contributed by atoms with Crippen LogP contribution in [0.1, 0.15) is 40.5 Å². The number of likely N-dealkylation sites (tertiary alicyclic amines) is 1. The van der Waals surface area contributed by atoms with E-state index in [2.05, 4.69) is 49.5 Å². The van der Waals surface area contributed by atoms with Gasteiger partial charge in [0.05, 0.1) is 6.54 Å². The number of nitrogens with zero attached hydrogens (tertiary/aromatic N) is 2. The number of aliphatic imine (C=N–C) groups is 1. The van der Waals surface area contributed by atoms with Crippen LogP contribution < -0.4 is 10.6 Å². The van der Waals surface area contributed by atoms with Crippen molar-refractivity contribution in [3.8, 4) is 0 Å². The molecule has 1 heterocycles. The van der Waals surface area contributed by atoms with E-state index in [0.717, 1.165) is 31.5 Å². The molecule has 1 rings (SSSR count). The van der Waals surface area contributed by atoms with Crippen molar-refractivity contribution in [1.82, 2.24) is 15.5 Å². The number of hydrogen-bond acceptors (Lipinski definition) is 3. The van der Waals surface area contributed by atoms with Gasteiger partial charge in [0.25, 0.3) is 0 Å². The van der Waals surface area contributed by atoms with E-state index in [1.807, 2.05) is 11.8 Å². The lowest BCUT2D eigenvalue weighted by molar-refractivity contribution is 0.324. The van der Waals surface area contributed by atoms with Crippen LogP contribution in [0.5, 0.6) is 0 Å². The zero-order valence-corrected chi connectivity index (χ0v) is 15.4. The molecule has 5 heteroatoms. The first-order valence-corrected chi connectivity index (χ1v) is 9.53. The Balaban J connectivity index is 2.39. The van der Waals surface area contributed by atoms with Crippen molar-refractivity contribution in [3.05, 3.63) is 0 Å². The van der Waals surface area contributed by atoms with Crippen LogP contribution >= 0.6 is 11.8 Å². The fourth-order valence-electron chi connectivity index (χ4n) is 2.52. The monoisotopic (exact) mass is 314 g/mol. The van der Waals surface area contributed by atoms with Gasteiger partial charge in [0, 0.05) is 24.4 Å². The molecule has 1 saturated heterocycles. The summed E-state index contributed by atoms with van der Waals surface area (Å²) in [5.74, 6) is 1.72. The minimum Gasteiger partial charge on any atom is -0.357 e. The van der Waals surface area contributed by atoms with Crippen molar-refractivity contribution in [3.63, 3.8) is 0 Å². The molecule has 0 aromatic rings. The minimum atomic E-state index is 0.202. The average molecular weight is 315 g/mol. The molecule has 2 N–H and O–H groups in total. The molecule has 0 amide bonds. The molecule has 0 radical (unpaired) electrons. The molecule has 1 atom stereocenters. The predicted molar refractivity (Wildman–Crippen MR) is 96.4 cm³/mol. The Hall–Kier alpha value is -0.420. The normalized spacial score (nSPS) is 20.8. The van der Waals surface area contributed by atoms with Gasteiger partial charge in [0.15, 0.2) is 5.96 Å². The van der Waals surface area contributed by atoms with Gasteiger partial charge in [-0.25, -0.2) is 0 Å². The van der Waals surface area contributed by atoms with Crippen LogP contribution in [0.15, 0.2) is 4.99 Å². The summed E-state index contributed by atoms with van der Waals surface area (Å²) in [6.07, 6.45) is 4.72. The highest BCUT2D eigenvalue weighted by Crippen LogP contribution is 2.21. The predicted octanol–water partition coefficient (Wildman–Crippen LogP) is 2.42. The smallest absolute Gasteiger partial charge is 0.191 e. The lowest BCUT2D eigenvalue weighted by Gasteiger charge is -2.21. The largest absolute Gasteiger partial charge is 0.357 e. The van der Waals surface area contributed by atoms with Crippen LogP contribution in [-0.4, -0.2) is 61.1 Å². The molecular formula is C16H34N4S. The van der Waals surface area contributed by atoms with E-state index >= 15 is 0 Å². The Bertz CT molecular complexity index is 317. The van der Waals surface area contributed by atoms with Crippen molar-refractivity contribution < 1.29 is 0 Å². The molecule has 1 aliphatic rings. The van der Waals surface area contributed by atoms with Gasteiger partial charge in [-0.3, -0.25) is 4.99 Å². The van der Waals surface area contributed by atoms with E-state index < -0.39 is 0 Å². The maximum Gasteiger partial charge on any atom is 0.191 e. The van der Waals surface area contributed by atoms with Crippen molar-refractivity contribution >= 4 is 17.7 Å². The second-order valence-electron chi connectivity index (χ2n) is 6.50. The average Bonchev–Trinajstić information content (AvgIpc) is 2.90. The first-order valence-electron chi connectivity index (χ1n) is 8.30. The van der Waals surface area contributed by atoms with Gasteiger partial charge in [0.2, 0.25) is 0 Å². The number of rotatable bonds is 8. The van der Waals surface area contributed by atoms with Crippen LogP contribution in [0, 0.1) is 5.92 Å². The molecule has 0 aromatic heterocycles. The quantitative estimate of drug-likeness (QED) is 0.533. The molecule has 21 heavy (non-hydrogen) atoms. The SMILES string of the molecule is CCCN1CCC(CNC(=NCC(C)(C)SC)NCC)C1. The minimum absolute atomic E-state index is 0.202. The molecule has 1 aliphatic heterocycles. The number of hydrogen-bond donors (Lipinski definition) is 2. The van der Waals surface area contributed by atoms with E-state index in [-0.39, 0.29) is 4.75 Å². The highest BCUT2D eigenvalue weighted by atomic mass is 32.2. The van der Waals surface area contributed by atoms with Gasteiger partial charge in [-0.05, 0) is 58.9 Å². The first-order chi connectivity index (χ1) is 10.0. The number of thioether (sulfide) groups is 1. The molecule has 0 aliphatic carbocycles. The van der Waals surface area contributed by atoms with Gasteiger partial charge in [0.1, 0.15) is 0 Å². The van der Waals surface area contributed by atoms with Crippen molar-refractivity contribution in [1.29, 1.82) is 0 Å². The Kier molecular flexibility index (Phi) is 8.49. The van der Waals surface area contributed by atoms with E-state index in [0.29, 0.717) is 0 Å². The third-order valence-electron chi connectivity index (χ3n) is 3.98. The van der Waals surface area contributed by atoms with Crippen molar-refractivity contribution in [2.24, 2.45) is 10.9 Å². The summed E-state index contributed by atoms with van der Waals surface area (Å²) < 4.78 is 0.202. The van der Waals surface area contributed by atoms with Gasteiger partial charge in [-0.1, -0.05) is 6.92 Å². The number of guanidine groups is 1. The lowest BCUT2D eigenvalue weighted by atomic mass is 10.1. The molecule has 4 nitrogen and oxygen atoms in total. The summed E-state index contributed by atoms with van der Waals surface area (Å²) in [4.78, 5) is 7.31. The zero-order valence-electron chi connectivity index (χ0n) is 14.5. The highest BCUT2D eigenvalue weighted by Gasteiger charge is 2.22. The standard InChI is InChI=1S/C16H34N4S/c1-6-9-20-10-8-14(12-20)11-18-15(17-7-2)19-13-16(3,4)21-5/h14H,6-13H2,1-5H3,(H2,17,18,19). The van der Waals surface area contributed by atoms with Gasteiger partial charge in [-0.15, -0.1) is 0 Å². The maximum atomic E-state index is 4.73. The van der Waals surface area contributed by atoms with Crippen LogP contribution in [0.2, 0.25) is 0 Å². The molecular weight excluding hydrogens is 280 g/mol. The fraction of sp³-hybridized carbons (Fsp3) is 0.938. The van der Waals surface area contributed by atoms with Crippen LogP contribution in [-0.2, 0) is 0 Å². The van der Waals surface area contributed by atoms with Crippen LogP contribution in [0.25, 0.3) is 0 Å². The summed E-state index contributed by atoms with van der Waals surface area (Å²) in [6, 6.07) is 0. The number of nitrogens with one attached hydrogen (secondary N) is 2. The van der Waals surface area contributed by atoms with Crippen LogP contribution in [0.3, 0.4) is 0 Å². The molecule has 1 fully saturated rings.